The highest BCUT2D eigenvalue weighted by molar-refractivity contribution is 5.97. The van der Waals surface area contributed by atoms with Crippen molar-refractivity contribution in [2.45, 2.75) is 33.1 Å². The summed E-state index contributed by atoms with van der Waals surface area (Å²) in [5.74, 6) is 0.844. The molecule has 2 aromatic heterocycles. The Morgan fingerprint density at radius 3 is 2.53 bits per heavy atom. The Morgan fingerprint density at radius 2 is 1.79 bits per heavy atom. The van der Waals surface area contributed by atoms with E-state index in [1.165, 1.54) is 0 Å². The lowest BCUT2D eigenvalue weighted by atomic mass is 9.96. The summed E-state index contributed by atoms with van der Waals surface area (Å²) >= 11 is 0. The summed E-state index contributed by atoms with van der Waals surface area (Å²) < 4.78 is 0. The first kappa shape index (κ1) is 12.0. The van der Waals surface area contributed by atoms with Gasteiger partial charge in [-0.15, -0.1) is 0 Å². The van der Waals surface area contributed by atoms with Crippen molar-refractivity contribution in [2.24, 2.45) is 0 Å². The fraction of sp³-hybridized carbons (Fsp3) is 0.333. The Balaban J connectivity index is 2.09. The highest BCUT2D eigenvalue weighted by Crippen LogP contribution is 2.23. The molecular formula is C15H15N3O. The SMILES string of the molecule is Cc1cc(-c2ncc3c(n2)CCCC3=O)cc(C)n1. The van der Waals surface area contributed by atoms with Gasteiger partial charge in [0.15, 0.2) is 11.6 Å². The Kier molecular flexibility index (Phi) is 2.85. The second kappa shape index (κ2) is 4.53. The quantitative estimate of drug-likeness (QED) is 0.784. The van der Waals surface area contributed by atoms with Crippen LogP contribution >= 0.6 is 0 Å². The van der Waals surface area contributed by atoms with E-state index in [1.54, 1.807) is 6.20 Å². The minimum atomic E-state index is 0.162. The van der Waals surface area contributed by atoms with E-state index in [-0.39, 0.29) is 5.78 Å². The van der Waals surface area contributed by atoms with Crippen LogP contribution in [0.5, 0.6) is 0 Å². The molecule has 0 bridgehead atoms. The first-order valence-electron chi connectivity index (χ1n) is 6.48. The third-order valence-electron chi connectivity index (χ3n) is 3.33. The van der Waals surface area contributed by atoms with Crippen molar-refractivity contribution < 1.29 is 4.79 Å². The van der Waals surface area contributed by atoms with E-state index in [4.69, 9.17) is 0 Å². The number of fused-ring (bicyclic) bond motifs is 1. The average molecular weight is 253 g/mol. The van der Waals surface area contributed by atoms with Crippen molar-refractivity contribution in [3.05, 3.63) is 41.0 Å². The highest BCUT2D eigenvalue weighted by Gasteiger charge is 2.19. The summed E-state index contributed by atoms with van der Waals surface area (Å²) in [6.45, 7) is 3.91. The number of pyridine rings is 1. The molecule has 4 heteroatoms. The number of nitrogens with zero attached hydrogens (tertiary/aromatic N) is 3. The minimum absolute atomic E-state index is 0.162. The number of carbonyl (C=O) groups excluding carboxylic acids is 1. The fourth-order valence-corrected chi connectivity index (χ4v) is 2.49. The van der Waals surface area contributed by atoms with Crippen molar-refractivity contribution in [1.29, 1.82) is 0 Å². The molecule has 96 valence electrons. The molecule has 0 aliphatic heterocycles. The van der Waals surface area contributed by atoms with Gasteiger partial charge in [-0.25, -0.2) is 9.97 Å². The second-order valence-electron chi connectivity index (χ2n) is 4.97. The number of aromatic nitrogens is 3. The highest BCUT2D eigenvalue weighted by atomic mass is 16.1. The van der Waals surface area contributed by atoms with E-state index in [2.05, 4.69) is 15.0 Å². The van der Waals surface area contributed by atoms with Gasteiger partial charge in [-0.1, -0.05) is 0 Å². The third-order valence-corrected chi connectivity index (χ3v) is 3.33. The van der Waals surface area contributed by atoms with E-state index in [0.717, 1.165) is 35.5 Å². The van der Waals surface area contributed by atoms with Gasteiger partial charge in [0, 0.05) is 29.6 Å². The molecule has 0 fully saturated rings. The van der Waals surface area contributed by atoms with Crippen LogP contribution in [-0.4, -0.2) is 20.7 Å². The van der Waals surface area contributed by atoms with E-state index in [0.29, 0.717) is 17.8 Å². The van der Waals surface area contributed by atoms with Gasteiger partial charge in [0.25, 0.3) is 0 Å². The Morgan fingerprint density at radius 1 is 1.05 bits per heavy atom. The fourth-order valence-electron chi connectivity index (χ4n) is 2.49. The molecule has 2 aromatic rings. The topological polar surface area (TPSA) is 55.7 Å². The summed E-state index contributed by atoms with van der Waals surface area (Å²) in [5.41, 5.74) is 4.44. The second-order valence-corrected chi connectivity index (χ2v) is 4.97. The van der Waals surface area contributed by atoms with Crippen LogP contribution in [0.15, 0.2) is 18.3 Å². The number of aryl methyl sites for hydroxylation is 3. The standard InChI is InChI=1S/C15H15N3O/c1-9-6-11(7-10(2)17-9)15-16-8-12-13(18-15)4-3-5-14(12)19/h6-8H,3-5H2,1-2H3. The normalized spacial score (nSPS) is 14.3. The molecule has 0 aromatic carbocycles. The van der Waals surface area contributed by atoms with Crippen molar-refractivity contribution in [3.63, 3.8) is 0 Å². The molecule has 2 heterocycles. The van der Waals surface area contributed by atoms with Crippen molar-refractivity contribution in [1.82, 2.24) is 15.0 Å². The van der Waals surface area contributed by atoms with E-state index in [1.807, 2.05) is 26.0 Å². The molecule has 0 amide bonds. The van der Waals surface area contributed by atoms with Crippen molar-refractivity contribution >= 4 is 5.78 Å². The number of Topliss-reactive ketones (excluding diaryl/α,β-unsaturated/α-hetero) is 1. The zero-order valence-corrected chi connectivity index (χ0v) is 11.1. The molecule has 4 nitrogen and oxygen atoms in total. The first-order valence-corrected chi connectivity index (χ1v) is 6.48. The predicted octanol–water partition coefficient (Wildman–Crippen LogP) is 2.67. The van der Waals surface area contributed by atoms with Crippen LogP contribution in [0.4, 0.5) is 0 Å². The van der Waals surface area contributed by atoms with Crippen LogP contribution in [0, 0.1) is 13.8 Å². The largest absolute Gasteiger partial charge is 0.294 e. The van der Waals surface area contributed by atoms with Gasteiger partial charge in [0.2, 0.25) is 0 Å². The molecule has 0 spiro atoms. The average Bonchev–Trinajstić information content (AvgIpc) is 2.37. The molecule has 1 aliphatic rings. The molecule has 0 saturated heterocycles. The van der Waals surface area contributed by atoms with Crippen molar-refractivity contribution in [3.8, 4) is 11.4 Å². The van der Waals surface area contributed by atoms with Crippen LogP contribution in [0.25, 0.3) is 11.4 Å². The molecule has 0 atom stereocenters. The number of rotatable bonds is 1. The third kappa shape index (κ3) is 2.26. The molecule has 0 unspecified atom stereocenters. The number of hydrogen-bond donors (Lipinski definition) is 0. The maximum atomic E-state index is 11.8. The first-order chi connectivity index (χ1) is 9.13. The summed E-state index contributed by atoms with van der Waals surface area (Å²) in [6, 6.07) is 3.94. The van der Waals surface area contributed by atoms with Crippen LogP contribution in [0.1, 0.15) is 40.3 Å². The minimum Gasteiger partial charge on any atom is -0.294 e. The predicted molar refractivity (Wildman–Crippen MR) is 72.0 cm³/mol. The molecule has 3 rings (SSSR count). The number of ketones is 1. The molecule has 1 aliphatic carbocycles. The van der Waals surface area contributed by atoms with Crippen LogP contribution in [-0.2, 0) is 6.42 Å². The molecule has 0 radical (unpaired) electrons. The molecular weight excluding hydrogens is 238 g/mol. The van der Waals surface area contributed by atoms with Gasteiger partial charge in [0.05, 0.1) is 11.3 Å². The number of carbonyl (C=O) groups is 1. The lowest BCUT2D eigenvalue weighted by Crippen LogP contribution is -2.13. The molecule has 0 saturated carbocycles. The Bertz CT molecular complexity index is 644. The van der Waals surface area contributed by atoms with Crippen LogP contribution in [0.3, 0.4) is 0 Å². The van der Waals surface area contributed by atoms with E-state index < -0.39 is 0 Å². The lowest BCUT2D eigenvalue weighted by Gasteiger charge is -2.14. The maximum absolute atomic E-state index is 11.8. The summed E-state index contributed by atoms with van der Waals surface area (Å²) in [6.07, 6.45) is 4.03. The summed E-state index contributed by atoms with van der Waals surface area (Å²) in [7, 11) is 0. The van der Waals surface area contributed by atoms with Gasteiger partial charge in [-0.05, 0) is 38.8 Å². The van der Waals surface area contributed by atoms with Crippen LogP contribution < -0.4 is 0 Å². The Hall–Kier alpha value is -2.10. The lowest BCUT2D eigenvalue weighted by molar-refractivity contribution is 0.0971. The van der Waals surface area contributed by atoms with Gasteiger partial charge >= 0.3 is 0 Å². The van der Waals surface area contributed by atoms with Gasteiger partial charge in [-0.2, -0.15) is 0 Å². The van der Waals surface area contributed by atoms with E-state index >= 15 is 0 Å². The number of hydrogen-bond acceptors (Lipinski definition) is 4. The zero-order valence-electron chi connectivity index (χ0n) is 11.1. The van der Waals surface area contributed by atoms with Crippen molar-refractivity contribution in [2.75, 3.05) is 0 Å². The smallest absolute Gasteiger partial charge is 0.166 e. The summed E-state index contributed by atoms with van der Waals surface area (Å²) in [4.78, 5) is 25.0. The van der Waals surface area contributed by atoms with Crippen LogP contribution in [0.2, 0.25) is 0 Å². The van der Waals surface area contributed by atoms with Gasteiger partial charge in [-0.3, -0.25) is 9.78 Å². The molecule has 0 N–H and O–H groups in total. The molecule has 19 heavy (non-hydrogen) atoms. The monoisotopic (exact) mass is 253 g/mol. The van der Waals surface area contributed by atoms with Gasteiger partial charge in [0.1, 0.15) is 0 Å². The van der Waals surface area contributed by atoms with Gasteiger partial charge < -0.3 is 0 Å². The summed E-state index contributed by atoms with van der Waals surface area (Å²) in [5, 5.41) is 0. The van der Waals surface area contributed by atoms with E-state index in [9.17, 15) is 4.79 Å². The Labute approximate surface area is 111 Å². The zero-order chi connectivity index (χ0) is 13.4. The maximum Gasteiger partial charge on any atom is 0.166 e.